The van der Waals surface area contributed by atoms with Gasteiger partial charge in [-0.05, 0) is 36.3 Å². The maximum atomic E-state index is 9.12. The minimum absolute atomic E-state index is 0.572. The first-order valence-electron chi connectivity index (χ1n) is 6.14. The number of benzene rings is 1. The van der Waals surface area contributed by atoms with Crippen molar-refractivity contribution in [3.8, 4) is 6.07 Å². The van der Waals surface area contributed by atoms with Gasteiger partial charge in [0.15, 0.2) is 0 Å². The summed E-state index contributed by atoms with van der Waals surface area (Å²) in [6.07, 6.45) is 3.11. The van der Waals surface area contributed by atoms with E-state index in [0.717, 1.165) is 24.8 Å². The van der Waals surface area contributed by atoms with Gasteiger partial charge in [-0.25, -0.2) is 0 Å². The summed E-state index contributed by atoms with van der Waals surface area (Å²) < 4.78 is 0. The van der Waals surface area contributed by atoms with E-state index in [-0.39, 0.29) is 0 Å². The molecular formula is C15H14N2S. The average molecular weight is 254 g/mol. The van der Waals surface area contributed by atoms with Gasteiger partial charge in [-0.15, -0.1) is 11.3 Å². The van der Waals surface area contributed by atoms with Crippen LogP contribution in [0.15, 0.2) is 30.3 Å². The van der Waals surface area contributed by atoms with E-state index in [1.54, 1.807) is 11.3 Å². The largest absolute Gasteiger partial charge is 0.389 e. The zero-order chi connectivity index (χ0) is 12.5. The van der Waals surface area contributed by atoms with Gasteiger partial charge in [-0.3, -0.25) is 0 Å². The lowest BCUT2D eigenvalue weighted by molar-refractivity contribution is 0.592. The molecule has 0 saturated heterocycles. The molecule has 1 aliphatic rings. The predicted molar refractivity (Wildman–Crippen MR) is 74.7 cm³/mol. The summed E-state index contributed by atoms with van der Waals surface area (Å²) in [6, 6.07) is 12.9. The standard InChI is InChI=1S/C15H14N2S/c16-9-13-12-7-6-11(8-14(12)18-15(13)17)10-4-2-1-3-5-10/h1-5,11H,6-8,17H2. The predicted octanol–water partition coefficient (Wildman–Crippen LogP) is 3.47. The molecule has 1 aromatic carbocycles. The highest BCUT2D eigenvalue weighted by Gasteiger charge is 2.25. The number of nitriles is 1. The molecule has 0 saturated carbocycles. The third kappa shape index (κ3) is 1.79. The molecule has 0 fully saturated rings. The number of nitrogen functional groups attached to an aromatic ring is 1. The van der Waals surface area contributed by atoms with E-state index < -0.39 is 0 Å². The van der Waals surface area contributed by atoms with Crippen molar-refractivity contribution < 1.29 is 0 Å². The molecule has 1 atom stereocenters. The molecule has 18 heavy (non-hydrogen) atoms. The van der Waals surface area contributed by atoms with Crippen LogP contribution in [0.2, 0.25) is 0 Å². The van der Waals surface area contributed by atoms with E-state index in [9.17, 15) is 0 Å². The Bertz CT molecular complexity index is 607. The molecule has 1 aromatic heterocycles. The van der Waals surface area contributed by atoms with Crippen molar-refractivity contribution >= 4 is 16.3 Å². The normalized spacial score (nSPS) is 18.1. The fourth-order valence-corrected chi connectivity index (χ4v) is 3.89. The quantitative estimate of drug-likeness (QED) is 0.847. The minimum Gasteiger partial charge on any atom is -0.389 e. The van der Waals surface area contributed by atoms with Gasteiger partial charge in [0, 0.05) is 4.88 Å². The lowest BCUT2D eigenvalue weighted by Crippen LogP contribution is -2.11. The number of rotatable bonds is 1. The van der Waals surface area contributed by atoms with Crippen LogP contribution in [0, 0.1) is 11.3 Å². The van der Waals surface area contributed by atoms with Gasteiger partial charge in [0.05, 0.1) is 5.56 Å². The molecule has 0 aliphatic heterocycles. The van der Waals surface area contributed by atoms with E-state index in [0.29, 0.717) is 10.9 Å². The first-order chi connectivity index (χ1) is 8.79. The number of nitrogens with two attached hydrogens (primary N) is 1. The number of nitrogens with zero attached hydrogens (tertiary/aromatic N) is 1. The van der Waals surface area contributed by atoms with Crippen LogP contribution >= 0.6 is 11.3 Å². The minimum atomic E-state index is 0.572. The molecule has 2 N–H and O–H groups in total. The fraction of sp³-hybridized carbons (Fsp3) is 0.267. The first-order valence-corrected chi connectivity index (χ1v) is 6.96. The second-order valence-corrected chi connectivity index (χ2v) is 5.84. The number of fused-ring (bicyclic) bond motifs is 1. The molecule has 3 heteroatoms. The van der Waals surface area contributed by atoms with Crippen LogP contribution in [0.25, 0.3) is 0 Å². The SMILES string of the molecule is N#Cc1c(N)sc2c1CCC(c1ccccc1)C2. The summed E-state index contributed by atoms with van der Waals surface area (Å²) in [5.74, 6) is 0.572. The Balaban J connectivity index is 1.93. The zero-order valence-corrected chi connectivity index (χ0v) is 10.8. The van der Waals surface area contributed by atoms with Gasteiger partial charge < -0.3 is 5.73 Å². The van der Waals surface area contributed by atoms with E-state index in [1.165, 1.54) is 16.0 Å². The second-order valence-electron chi connectivity index (χ2n) is 4.71. The Morgan fingerprint density at radius 2 is 2.06 bits per heavy atom. The highest BCUT2D eigenvalue weighted by atomic mass is 32.1. The fourth-order valence-electron chi connectivity index (χ4n) is 2.74. The molecule has 1 heterocycles. The van der Waals surface area contributed by atoms with Crippen LogP contribution < -0.4 is 5.73 Å². The molecule has 3 rings (SSSR count). The van der Waals surface area contributed by atoms with E-state index in [4.69, 9.17) is 11.0 Å². The third-order valence-corrected chi connectivity index (χ3v) is 4.76. The topological polar surface area (TPSA) is 49.8 Å². The van der Waals surface area contributed by atoms with Gasteiger partial charge >= 0.3 is 0 Å². The van der Waals surface area contributed by atoms with Crippen LogP contribution in [0.5, 0.6) is 0 Å². The van der Waals surface area contributed by atoms with Crippen LogP contribution in [0.1, 0.15) is 33.9 Å². The molecule has 2 nitrogen and oxygen atoms in total. The molecule has 0 bridgehead atoms. The van der Waals surface area contributed by atoms with Crippen molar-refractivity contribution in [3.63, 3.8) is 0 Å². The molecule has 2 aromatic rings. The summed E-state index contributed by atoms with van der Waals surface area (Å²) in [6.45, 7) is 0. The highest BCUT2D eigenvalue weighted by Crippen LogP contribution is 2.40. The monoisotopic (exact) mass is 254 g/mol. The van der Waals surface area contributed by atoms with Gasteiger partial charge in [0.1, 0.15) is 11.1 Å². The van der Waals surface area contributed by atoms with Crippen LogP contribution in [-0.2, 0) is 12.8 Å². The lowest BCUT2D eigenvalue weighted by atomic mass is 9.83. The van der Waals surface area contributed by atoms with Gasteiger partial charge in [-0.2, -0.15) is 5.26 Å². The number of thiophene rings is 1. The maximum Gasteiger partial charge on any atom is 0.104 e. The number of hydrogen-bond donors (Lipinski definition) is 1. The van der Waals surface area contributed by atoms with Crippen LogP contribution in [-0.4, -0.2) is 0 Å². The Morgan fingerprint density at radius 3 is 2.78 bits per heavy atom. The van der Waals surface area contributed by atoms with E-state index >= 15 is 0 Å². The zero-order valence-electron chi connectivity index (χ0n) is 10.0. The van der Waals surface area contributed by atoms with Gasteiger partial charge in [0.2, 0.25) is 0 Å². The lowest BCUT2D eigenvalue weighted by Gasteiger charge is -2.22. The molecule has 1 unspecified atom stereocenters. The Labute approximate surface area is 111 Å². The van der Waals surface area contributed by atoms with Crippen molar-refractivity contribution in [1.29, 1.82) is 5.26 Å². The Morgan fingerprint density at radius 1 is 1.28 bits per heavy atom. The van der Waals surface area contributed by atoms with Crippen molar-refractivity contribution in [2.24, 2.45) is 0 Å². The molecule has 1 aliphatic carbocycles. The van der Waals surface area contributed by atoms with Gasteiger partial charge in [-0.1, -0.05) is 30.3 Å². The summed E-state index contributed by atoms with van der Waals surface area (Å²) in [7, 11) is 0. The third-order valence-electron chi connectivity index (χ3n) is 3.68. The summed E-state index contributed by atoms with van der Waals surface area (Å²) in [5.41, 5.74) is 9.23. The van der Waals surface area contributed by atoms with Crippen molar-refractivity contribution in [1.82, 2.24) is 0 Å². The first kappa shape index (κ1) is 11.3. The molecule has 90 valence electrons. The highest BCUT2D eigenvalue weighted by molar-refractivity contribution is 7.16. The van der Waals surface area contributed by atoms with Crippen LogP contribution in [0.4, 0.5) is 5.00 Å². The number of hydrogen-bond acceptors (Lipinski definition) is 3. The number of anilines is 1. The Kier molecular flexibility index (Phi) is 2.81. The molecular weight excluding hydrogens is 240 g/mol. The van der Waals surface area contributed by atoms with Crippen LogP contribution in [0.3, 0.4) is 0 Å². The molecule has 0 spiro atoms. The molecule has 0 radical (unpaired) electrons. The maximum absolute atomic E-state index is 9.12. The van der Waals surface area contributed by atoms with Crippen molar-refractivity contribution in [3.05, 3.63) is 51.9 Å². The van der Waals surface area contributed by atoms with E-state index in [1.807, 2.05) is 0 Å². The summed E-state index contributed by atoms with van der Waals surface area (Å²) in [4.78, 5) is 1.31. The van der Waals surface area contributed by atoms with Crippen molar-refractivity contribution in [2.75, 3.05) is 5.73 Å². The van der Waals surface area contributed by atoms with Crippen molar-refractivity contribution in [2.45, 2.75) is 25.2 Å². The summed E-state index contributed by atoms with van der Waals surface area (Å²) >= 11 is 1.60. The second kappa shape index (κ2) is 4.47. The average Bonchev–Trinajstić information content (AvgIpc) is 2.74. The summed E-state index contributed by atoms with van der Waals surface area (Å²) in [5, 5.41) is 9.81. The smallest absolute Gasteiger partial charge is 0.104 e. The molecule has 0 amide bonds. The van der Waals surface area contributed by atoms with E-state index in [2.05, 4.69) is 36.4 Å². The van der Waals surface area contributed by atoms with Gasteiger partial charge in [0.25, 0.3) is 0 Å². The Hall–Kier alpha value is -1.79.